The van der Waals surface area contributed by atoms with Crippen LogP contribution in [0.4, 0.5) is 5.69 Å². The summed E-state index contributed by atoms with van der Waals surface area (Å²) >= 11 is 0. The van der Waals surface area contributed by atoms with Gasteiger partial charge in [0.25, 0.3) is 10.0 Å². The molecule has 16 heavy (non-hydrogen) atoms. The summed E-state index contributed by atoms with van der Waals surface area (Å²) in [5, 5.41) is 11.3. The average molecular weight is 241 g/mol. The first-order chi connectivity index (χ1) is 7.40. The average Bonchev–Trinajstić information content (AvgIpc) is 2.15. The molecule has 1 aliphatic rings. The normalized spacial score (nSPS) is 16.9. The maximum absolute atomic E-state index is 11.6. The van der Waals surface area contributed by atoms with E-state index in [9.17, 15) is 13.2 Å². The lowest BCUT2D eigenvalue weighted by Gasteiger charge is -2.15. The number of hydrogen-bond acceptors (Lipinski definition) is 5. The minimum absolute atomic E-state index is 0.125. The molecule has 84 valence electrons. The Hall–Kier alpha value is -2.09. The van der Waals surface area contributed by atoms with Crippen LogP contribution in [-0.4, -0.2) is 25.5 Å². The summed E-state index contributed by atoms with van der Waals surface area (Å²) in [5.74, 6) is -1.45. The Morgan fingerprint density at radius 3 is 2.75 bits per heavy atom. The smallest absolute Gasteiger partial charge is 0.335 e. The van der Waals surface area contributed by atoms with E-state index >= 15 is 0 Å². The van der Waals surface area contributed by atoms with Crippen LogP contribution in [0.25, 0.3) is 0 Å². The van der Waals surface area contributed by atoms with Gasteiger partial charge >= 0.3 is 5.97 Å². The predicted molar refractivity (Wildman–Crippen MR) is 55.8 cm³/mol. The second-order valence-corrected chi connectivity index (χ2v) is 4.67. The molecule has 4 N–H and O–H groups in total. The number of aromatic carboxylic acids is 1. The minimum Gasteiger partial charge on any atom is -0.478 e. The third-order valence-electron chi connectivity index (χ3n) is 1.99. The first-order valence-electron chi connectivity index (χ1n) is 4.15. The van der Waals surface area contributed by atoms with Crippen LogP contribution >= 0.6 is 0 Å². The third kappa shape index (κ3) is 1.58. The first-order valence-corrected chi connectivity index (χ1v) is 5.59. The molecule has 0 unspecified atom stereocenters. The molecule has 0 saturated carbocycles. The summed E-state index contributed by atoms with van der Waals surface area (Å²) in [5.41, 5.74) is 5.36. The molecule has 0 saturated heterocycles. The molecule has 0 amide bonds. The van der Waals surface area contributed by atoms with Gasteiger partial charge in [-0.3, -0.25) is 0 Å². The molecule has 8 heteroatoms. The number of nitrogens with one attached hydrogen (secondary N) is 1. The Labute approximate surface area is 90.7 Å². The van der Waals surface area contributed by atoms with Gasteiger partial charge in [0.15, 0.2) is 0 Å². The molecule has 0 aromatic heterocycles. The number of hydrogen-bond donors (Lipinski definition) is 3. The summed E-state index contributed by atoms with van der Waals surface area (Å²) in [6.07, 6.45) is 0. The molecule has 0 radical (unpaired) electrons. The number of carbonyl (C=O) groups is 1. The molecular weight excluding hydrogens is 234 g/mol. The number of nitrogens with two attached hydrogens (primary N) is 1. The zero-order valence-corrected chi connectivity index (χ0v) is 8.65. The number of benzene rings is 1. The lowest BCUT2D eigenvalue weighted by Crippen LogP contribution is -2.28. The first kappa shape index (κ1) is 10.4. The molecule has 0 fully saturated rings. The number of carboxylic acid groups (broad SMARTS) is 1. The van der Waals surface area contributed by atoms with E-state index in [0.717, 1.165) is 6.07 Å². The van der Waals surface area contributed by atoms with Crippen LogP contribution in [0.2, 0.25) is 0 Å². The van der Waals surface area contributed by atoms with Crippen molar-refractivity contribution in [2.45, 2.75) is 4.90 Å². The van der Waals surface area contributed by atoms with E-state index in [1.807, 2.05) is 0 Å². The van der Waals surface area contributed by atoms with Crippen molar-refractivity contribution < 1.29 is 18.3 Å². The van der Waals surface area contributed by atoms with Crippen molar-refractivity contribution in [3.63, 3.8) is 0 Å². The highest BCUT2D eigenvalue weighted by atomic mass is 32.2. The van der Waals surface area contributed by atoms with Crippen LogP contribution in [0.3, 0.4) is 0 Å². The van der Waals surface area contributed by atoms with Crippen molar-refractivity contribution >= 4 is 27.6 Å². The van der Waals surface area contributed by atoms with Crippen molar-refractivity contribution in [2.75, 3.05) is 5.32 Å². The molecule has 1 aromatic rings. The number of fused-ring (bicyclic) bond motifs is 1. The molecule has 0 atom stereocenters. The van der Waals surface area contributed by atoms with Gasteiger partial charge < -0.3 is 16.2 Å². The number of nitrogens with zero attached hydrogens (tertiary/aromatic N) is 1. The highest BCUT2D eigenvalue weighted by Crippen LogP contribution is 2.27. The maximum Gasteiger partial charge on any atom is 0.335 e. The molecule has 2 rings (SSSR count). The van der Waals surface area contributed by atoms with Gasteiger partial charge in [0.2, 0.25) is 5.96 Å². The van der Waals surface area contributed by atoms with Gasteiger partial charge in [-0.05, 0) is 18.2 Å². The van der Waals surface area contributed by atoms with Crippen molar-refractivity contribution in [3.8, 4) is 0 Å². The lowest BCUT2D eigenvalue weighted by atomic mass is 10.2. The molecule has 1 heterocycles. The van der Waals surface area contributed by atoms with Crippen LogP contribution < -0.4 is 11.1 Å². The number of carboxylic acids is 1. The fourth-order valence-corrected chi connectivity index (χ4v) is 2.39. The van der Waals surface area contributed by atoms with Crippen LogP contribution in [0, 0.1) is 0 Å². The van der Waals surface area contributed by atoms with E-state index in [2.05, 4.69) is 9.71 Å². The standard InChI is InChI=1S/C8H7N3O4S/c9-8-10-5-2-1-4(7(12)13)3-6(5)16(14,15)11-8/h1-3H,(H,12,13)(H3,9,10,11). The fourth-order valence-electron chi connectivity index (χ4n) is 1.31. The monoisotopic (exact) mass is 241 g/mol. The van der Waals surface area contributed by atoms with E-state index < -0.39 is 16.0 Å². The molecule has 0 spiro atoms. The zero-order valence-electron chi connectivity index (χ0n) is 7.84. The van der Waals surface area contributed by atoms with E-state index in [4.69, 9.17) is 10.8 Å². The zero-order chi connectivity index (χ0) is 11.9. The Bertz CT molecular complexity index is 606. The van der Waals surface area contributed by atoms with E-state index in [1.54, 1.807) is 0 Å². The van der Waals surface area contributed by atoms with Crippen molar-refractivity contribution in [1.29, 1.82) is 0 Å². The number of sulfonamides is 1. The summed E-state index contributed by atoms with van der Waals surface area (Å²) in [6.45, 7) is 0. The van der Waals surface area contributed by atoms with Crippen LogP contribution in [0.1, 0.15) is 10.4 Å². The topological polar surface area (TPSA) is 122 Å². The molecule has 1 aromatic carbocycles. The Morgan fingerprint density at radius 1 is 1.44 bits per heavy atom. The van der Waals surface area contributed by atoms with Gasteiger partial charge in [-0.25, -0.2) is 4.79 Å². The predicted octanol–water partition coefficient (Wildman–Crippen LogP) is -0.186. The lowest BCUT2D eigenvalue weighted by molar-refractivity contribution is 0.0696. The van der Waals surface area contributed by atoms with Gasteiger partial charge in [0, 0.05) is 0 Å². The second-order valence-electron chi connectivity index (χ2n) is 3.09. The molecule has 7 nitrogen and oxygen atoms in total. The van der Waals surface area contributed by atoms with Crippen molar-refractivity contribution in [3.05, 3.63) is 23.8 Å². The Kier molecular flexibility index (Phi) is 2.09. The van der Waals surface area contributed by atoms with Crippen LogP contribution in [-0.2, 0) is 10.0 Å². The summed E-state index contributed by atoms with van der Waals surface area (Å²) in [6, 6.07) is 3.65. The van der Waals surface area contributed by atoms with Gasteiger partial charge in [-0.1, -0.05) is 0 Å². The second kappa shape index (κ2) is 3.20. The number of rotatable bonds is 1. The maximum atomic E-state index is 11.6. The molecular formula is C8H7N3O4S. The molecule has 0 aliphatic carbocycles. The largest absolute Gasteiger partial charge is 0.478 e. The van der Waals surface area contributed by atoms with Crippen molar-refractivity contribution in [2.24, 2.45) is 10.1 Å². The molecule has 0 bridgehead atoms. The van der Waals surface area contributed by atoms with E-state index in [1.165, 1.54) is 12.1 Å². The SMILES string of the molecule is NC1=NS(=O)(=O)c2cc(C(=O)O)ccc2N1. The summed E-state index contributed by atoms with van der Waals surface area (Å²) in [4.78, 5) is 10.5. The van der Waals surface area contributed by atoms with Gasteiger partial charge in [-0.2, -0.15) is 8.42 Å². The quantitative estimate of drug-likeness (QED) is 0.626. The van der Waals surface area contributed by atoms with Crippen LogP contribution in [0.5, 0.6) is 0 Å². The van der Waals surface area contributed by atoms with Gasteiger partial charge in [0.1, 0.15) is 4.90 Å². The highest BCUT2D eigenvalue weighted by Gasteiger charge is 2.24. The van der Waals surface area contributed by atoms with Gasteiger partial charge in [-0.15, -0.1) is 4.40 Å². The van der Waals surface area contributed by atoms with E-state index in [0.29, 0.717) is 0 Å². The third-order valence-corrected chi connectivity index (χ3v) is 3.32. The number of guanidine groups is 1. The summed E-state index contributed by atoms with van der Waals surface area (Å²) < 4.78 is 26.3. The number of anilines is 1. The van der Waals surface area contributed by atoms with E-state index in [-0.39, 0.29) is 22.1 Å². The van der Waals surface area contributed by atoms with Crippen LogP contribution in [0.15, 0.2) is 27.5 Å². The minimum atomic E-state index is -3.91. The molecule has 1 aliphatic heterocycles. The highest BCUT2D eigenvalue weighted by molar-refractivity contribution is 7.90. The van der Waals surface area contributed by atoms with Gasteiger partial charge in [0.05, 0.1) is 11.3 Å². The Morgan fingerprint density at radius 2 is 2.12 bits per heavy atom. The summed E-state index contributed by atoms with van der Waals surface area (Å²) in [7, 11) is -3.91. The Balaban J connectivity index is 2.68. The van der Waals surface area contributed by atoms with Crippen molar-refractivity contribution in [1.82, 2.24) is 0 Å². The fraction of sp³-hybridized carbons (Fsp3) is 0.